The third-order valence-electron chi connectivity index (χ3n) is 2.20. The quantitative estimate of drug-likeness (QED) is 0.621. The third-order valence-corrected chi connectivity index (χ3v) is 3.39. The van der Waals surface area contributed by atoms with Crippen LogP contribution in [0.3, 0.4) is 0 Å². The number of guanidine groups is 1. The lowest BCUT2D eigenvalue weighted by Gasteiger charge is -2.06. The molecule has 90 valence electrons. The number of rotatable bonds is 4. The largest absolute Gasteiger partial charge is 0.359 e. The van der Waals surface area contributed by atoms with Gasteiger partial charge in [0.15, 0.2) is 5.96 Å². The van der Waals surface area contributed by atoms with E-state index in [1.54, 1.807) is 18.4 Å². The van der Waals surface area contributed by atoms with E-state index in [0.29, 0.717) is 5.92 Å². The van der Waals surface area contributed by atoms with Crippen molar-refractivity contribution < 1.29 is 0 Å². The van der Waals surface area contributed by atoms with Crippen LogP contribution in [-0.4, -0.2) is 31.6 Å². The lowest BCUT2D eigenvalue weighted by molar-refractivity contribution is 0.798. The van der Waals surface area contributed by atoms with Gasteiger partial charge in [-0.05, 0) is 0 Å². The molecule has 0 aliphatic heterocycles. The van der Waals surface area contributed by atoms with Crippen molar-refractivity contribution in [3.05, 3.63) is 16.1 Å². The molecule has 0 saturated heterocycles. The maximum Gasteiger partial charge on any atom is 0.190 e. The van der Waals surface area contributed by atoms with Gasteiger partial charge in [-0.3, -0.25) is 4.99 Å². The fraction of sp³-hybridized carbons (Fsp3) is 0.636. The Kier molecular flexibility index (Phi) is 5.25. The number of hydrogen-bond acceptors (Lipinski definition) is 3. The minimum absolute atomic E-state index is 0.525. The zero-order valence-electron chi connectivity index (χ0n) is 10.4. The van der Waals surface area contributed by atoms with E-state index in [1.807, 2.05) is 7.05 Å². The van der Waals surface area contributed by atoms with Crippen molar-refractivity contribution in [2.75, 3.05) is 20.6 Å². The first-order chi connectivity index (χ1) is 7.67. The molecule has 1 heterocycles. The van der Waals surface area contributed by atoms with Crippen LogP contribution in [0.25, 0.3) is 0 Å². The normalized spacial score (nSPS) is 11.9. The van der Waals surface area contributed by atoms with Gasteiger partial charge in [0, 0.05) is 38.4 Å². The maximum absolute atomic E-state index is 4.58. The molecule has 0 radical (unpaired) electrons. The molecule has 1 aromatic rings. The molecule has 0 unspecified atom stereocenters. The molecule has 0 fully saturated rings. The van der Waals surface area contributed by atoms with Crippen molar-refractivity contribution in [1.82, 2.24) is 15.6 Å². The minimum atomic E-state index is 0.525. The summed E-state index contributed by atoms with van der Waals surface area (Å²) in [4.78, 5) is 8.62. The average Bonchev–Trinajstić information content (AvgIpc) is 2.73. The molecule has 0 amide bonds. The maximum atomic E-state index is 4.58. The van der Waals surface area contributed by atoms with Gasteiger partial charge in [0.1, 0.15) is 0 Å². The number of nitrogens with one attached hydrogen (secondary N) is 2. The Hall–Kier alpha value is -1.10. The summed E-state index contributed by atoms with van der Waals surface area (Å²) in [7, 11) is 3.62. The second kappa shape index (κ2) is 6.48. The first kappa shape index (κ1) is 13.0. The summed E-state index contributed by atoms with van der Waals surface area (Å²) in [6.45, 7) is 5.20. The van der Waals surface area contributed by atoms with Gasteiger partial charge in [-0.1, -0.05) is 13.8 Å². The zero-order chi connectivity index (χ0) is 12.0. The van der Waals surface area contributed by atoms with Crippen LogP contribution in [0, 0.1) is 0 Å². The van der Waals surface area contributed by atoms with E-state index in [-0.39, 0.29) is 0 Å². The number of aromatic nitrogens is 1. The predicted molar refractivity (Wildman–Crippen MR) is 70.3 cm³/mol. The Labute approximate surface area is 101 Å². The number of nitrogens with zero attached hydrogens (tertiary/aromatic N) is 2. The summed E-state index contributed by atoms with van der Waals surface area (Å²) in [6, 6.07) is 0. The van der Waals surface area contributed by atoms with E-state index in [2.05, 4.69) is 39.8 Å². The molecule has 0 aromatic carbocycles. The highest BCUT2D eigenvalue weighted by Crippen LogP contribution is 2.19. The first-order valence-electron chi connectivity index (χ1n) is 5.50. The molecule has 4 nitrogen and oxygen atoms in total. The van der Waals surface area contributed by atoms with Crippen molar-refractivity contribution >= 4 is 17.3 Å². The molecule has 5 heteroatoms. The lowest BCUT2D eigenvalue weighted by atomic mass is 10.2. The fourth-order valence-electron chi connectivity index (χ4n) is 1.29. The van der Waals surface area contributed by atoms with Crippen LogP contribution in [0.5, 0.6) is 0 Å². The van der Waals surface area contributed by atoms with E-state index in [9.17, 15) is 0 Å². The van der Waals surface area contributed by atoms with Gasteiger partial charge >= 0.3 is 0 Å². The highest BCUT2D eigenvalue weighted by Gasteiger charge is 2.05. The molecule has 0 saturated carbocycles. The second-order valence-electron chi connectivity index (χ2n) is 3.83. The van der Waals surface area contributed by atoms with Crippen LogP contribution in [0.15, 0.2) is 10.4 Å². The average molecular weight is 240 g/mol. The van der Waals surface area contributed by atoms with E-state index >= 15 is 0 Å². The Morgan fingerprint density at radius 2 is 2.31 bits per heavy atom. The molecular weight excluding hydrogens is 220 g/mol. The van der Waals surface area contributed by atoms with Gasteiger partial charge in [-0.15, -0.1) is 11.3 Å². The van der Waals surface area contributed by atoms with Gasteiger partial charge in [0.25, 0.3) is 0 Å². The second-order valence-corrected chi connectivity index (χ2v) is 4.72. The molecule has 0 aliphatic carbocycles. The molecular formula is C11H20N4S. The Bertz CT molecular complexity index is 344. The van der Waals surface area contributed by atoms with Crippen LogP contribution < -0.4 is 10.6 Å². The Balaban J connectivity index is 2.37. The van der Waals surface area contributed by atoms with Gasteiger partial charge in [-0.25, -0.2) is 4.98 Å². The van der Waals surface area contributed by atoms with Gasteiger partial charge in [0.2, 0.25) is 0 Å². The number of aliphatic imine (C=N–C) groups is 1. The predicted octanol–water partition coefficient (Wildman–Crippen LogP) is 1.60. The van der Waals surface area contributed by atoms with Crippen molar-refractivity contribution in [2.24, 2.45) is 4.99 Å². The van der Waals surface area contributed by atoms with Gasteiger partial charge in [0.05, 0.1) is 10.7 Å². The smallest absolute Gasteiger partial charge is 0.190 e. The molecule has 0 atom stereocenters. The molecule has 2 N–H and O–H groups in total. The highest BCUT2D eigenvalue weighted by atomic mass is 32.1. The zero-order valence-corrected chi connectivity index (χ0v) is 11.2. The van der Waals surface area contributed by atoms with Gasteiger partial charge < -0.3 is 10.6 Å². The lowest BCUT2D eigenvalue weighted by Crippen LogP contribution is -2.35. The summed E-state index contributed by atoms with van der Waals surface area (Å²) in [5.41, 5.74) is 1.16. The van der Waals surface area contributed by atoms with Crippen LogP contribution >= 0.6 is 11.3 Å². The SMILES string of the molecule is CN=C(NC)NCCc1csc(C(C)C)n1. The van der Waals surface area contributed by atoms with Crippen molar-refractivity contribution in [3.63, 3.8) is 0 Å². The molecule has 0 spiro atoms. The van der Waals surface area contributed by atoms with Crippen LogP contribution in [-0.2, 0) is 6.42 Å². The third kappa shape index (κ3) is 3.81. The summed E-state index contributed by atoms with van der Waals surface area (Å²) < 4.78 is 0. The van der Waals surface area contributed by atoms with Crippen molar-refractivity contribution in [3.8, 4) is 0 Å². The minimum Gasteiger partial charge on any atom is -0.359 e. The Morgan fingerprint density at radius 3 is 2.81 bits per heavy atom. The van der Waals surface area contributed by atoms with Crippen LogP contribution in [0.4, 0.5) is 0 Å². The van der Waals surface area contributed by atoms with E-state index in [1.165, 1.54) is 5.01 Å². The van der Waals surface area contributed by atoms with Crippen molar-refractivity contribution in [2.45, 2.75) is 26.2 Å². The van der Waals surface area contributed by atoms with Gasteiger partial charge in [-0.2, -0.15) is 0 Å². The van der Waals surface area contributed by atoms with E-state index < -0.39 is 0 Å². The molecule has 16 heavy (non-hydrogen) atoms. The number of hydrogen-bond donors (Lipinski definition) is 2. The summed E-state index contributed by atoms with van der Waals surface area (Å²) >= 11 is 1.74. The van der Waals surface area contributed by atoms with E-state index in [4.69, 9.17) is 0 Å². The monoisotopic (exact) mass is 240 g/mol. The highest BCUT2D eigenvalue weighted by molar-refractivity contribution is 7.09. The molecule has 0 aliphatic rings. The molecule has 1 aromatic heterocycles. The van der Waals surface area contributed by atoms with Crippen LogP contribution in [0.1, 0.15) is 30.5 Å². The first-order valence-corrected chi connectivity index (χ1v) is 6.38. The fourth-order valence-corrected chi connectivity index (χ4v) is 2.16. The summed E-state index contributed by atoms with van der Waals surface area (Å²) in [6.07, 6.45) is 0.934. The topological polar surface area (TPSA) is 49.3 Å². The van der Waals surface area contributed by atoms with Crippen molar-refractivity contribution in [1.29, 1.82) is 0 Å². The summed E-state index contributed by atoms with van der Waals surface area (Å²) in [5.74, 6) is 1.34. The standard InChI is InChI=1S/C11H20N4S/c1-8(2)10-15-9(7-16-10)5-6-14-11(12-3)13-4/h7-8H,5-6H2,1-4H3,(H2,12,13,14). The number of thiazole rings is 1. The molecule has 0 bridgehead atoms. The van der Waals surface area contributed by atoms with Crippen LogP contribution in [0.2, 0.25) is 0 Å². The molecule has 1 rings (SSSR count). The summed E-state index contributed by atoms with van der Waals surface area (Å²) in [5, 5.41) is 9.55. The Morgan fingerprint density at radius 1 is 1.56 bits per heavy atom. The van der Waals surface area contributed by atoms with E-state index in [0.717, 1.165) is 24.6 Å².